The first-order valence-corrected chi connectivity index (χ1v) is 7.44. The van der Waals surface area contributed by atoms with Crippen molar-refractivity contribution in [3.8, 4) is 0 Å². The Hall–Kier alpha value is -0.120. The lowest BCUT2D eigenvalue weighted by atomic mass is 10.0. The third kappa shape index (κ3) is 12.3. The molecule has 0 amide bonds. The van der Waals surface area contributed by atoms with Gasteiger partial charge in [-0.25, -0.2) is 0 Å². The van der Waals surface area contributed by atoms with Crippen LogP contribution in [0.15, 0.2) is 0 Å². The standard InChI is InChI=1S/C15H33NO2/c1-13(2)7-6-8-14(3)17-11-9-15(4)18-12-10-16-5/h13-16H,6-12H2,1-5H3. The first-order valence-electron chi connectivity index (χ1n) is 7.44. The molecule has 0 bridgehead atoms. The number of ether oxygens (including phenoxy) is 2. The number of likely N-dealkylation sites (N-methyl/N-ethyl adjacent to an activating group) is 1. The van der Waals surface area contributed by atoms with Crippen molar-refractivity contribution in [2.75, 3.05) is 26.8 Å². The SMILES string of the molecule is CNCCOC(C)CCOC(C)CCCC(C)C. The average molecular weight is 259 g/mol. The zero-order valence-corrected chi connectivity index (χ0v) is 13.0. The van der Waals surface area contributed by atoms with Gasteiger partial charge in [-0.2, -0.15) is 0 Å². The van der Waals surface area contributed by atoms with E-state index in [1.54, 1.807) is 0 Å². The van der Waals surface area contributed by atoms with Crippen LogP contribution in [0.3, 0.4) is 0 Å². The second-order valence-electron chi connectivity index (χ2n) is 5.58. The first-order chi connectivity index (χ1) is 8.56. The molecule has 18 heavy (non-hydrogen) atoms. The van der Waals surface area contributed by atoms with Gasteiger partial charge in [0.15, 0.2) is 0 Å². The normalized spacial score (nSPS) is 15.0. The van der Waals surface area contributed by atoms with E-state index in [2.05, 4.69) is 33.0 Å². The zero-order valence-electron chi connectivity index (χ0n) is 13.0. The molecule has 0 heterocycles. The highest BCUT2D eigenvalue weighted by Crippen LogP contribution is 2.10. The van der Waals surface area contributed by atoms with Crippen molar-refractivity contribution in [1.29, 1.82) is 0 Å². The number of nitrogens with one attached hydrogen (secondary N) is 1. The van der Waals surface area contributed by atoms with E-state index in [4.69, 9.17) is 9.47 Å². The van der Waals surface area contributed by atoms with Gasteiger partial charge in [0.05, 0.1) is 18.8 Å². The van der Waals surface area contributed by atoms with Crippen LogP contribution < -0.4 is 5.32 Å². The zero-order chi connectivity index (χ0) is 13.8. The second-order valence-corrected chi connectivity index (χ2v) is 5.58. The summed E-state index contributed by atoms with van der Waals surface area (Å²) in [5.74, 6) is 0.804. The smallest absolute Gasteiger partial charge is 0.0594 e. The van der Waals surface area contributed by atoms with E-state index in [9.17, 15) is 0 Å². The minimum Gasteiger partial charge on any atom is -0.378 e. The van der Waals surface area contributed by atoms with Gasteiger partial charge in [-0.15, -0.1) is 0 Å². The van der Waals surface area contributed by atoms with Gasteiger partial charge in [-0.05, 0) is 39.7 Å². The Kier molecular flexibility index (Phi) is 11.9. The Bertz CT molecular complexity index is 174. The minimum absolute atomic E-state index is 0.293. The summed E-state index contributed by atoms with van der Waals surface area (Å²) >= 11 is 0. The molecule has 0 aromatic carbocycles. The van der Waals surface area contributed by atoms with Crippen molar-refractivity contribution in [1.82, 2.24) is 5.32 Å². The molecule has 2 unspecified atom stereocenters. The largest absolute Gasteiger partial charge is 0.378 e. The third-order valence-corrected chi connectivity index (χ3v) is 3.07. The molecule has 0 radical (unpaired) electrons. The number of hydrogen-bond acceptors (Lipinski definition) is 3. The molecule has 0 fully saturated rings. The van der Waals surface area contributed by atoms with E-state index >= 15 is 0 Å². The van der Waals surface area contributed by atoms with E-state index in [-0.39, 0.29) is 0 Å². The molecule has 0 aromatic rings. The molecule has 1 N–H and O–H groups in total. The summed E-state index contributed by atoms with van der Waals surface area (Å²) < 4.78 is 11.4. The molecule has 0 aliphatic heterocycles. The third-order valence-electron chi connectivity index (χ3n) is 3.07. The Morgan fingerprint density at radius 2 is 1.44 bits per heavy atom. The number of hydrogen-bond donors (Lipinski definition) is 1. The molecule has 0 saturated heterocycles. The molecular weight excluding hydrogens is 226 g/mol. The van der Waals surface area contributed by atoms with Crippen molar-refractivity contribution in [3.63, 3.8) is 0 Å². The summed E-state index contributed by atoms with van der Waals surface area (Å²) in [6, 6.07) is 0. The van der Waals surface area contributed by atoms with E-state index in [1.165, 1.54) is 19.3 Å². The highest BCUT2D eigenvalue weighted by molar-refractivity contribution is 4.55. The molecule has 3 heteroatoms. The van der Waals surface area contributed by atoms with Crippen LogP contribution in [0.4, 0.5) is 0 Å². The monoisotopic (exact) mass is 259 g/mol. The molecule has 0 aliphatic carbocycles. The predicted molar refractivity (Wildman–Crippen MR) is 78.1 cm³/mol. The predicted octanol–water partition coefficient (Wildman–Crippen LogP) is 3.23. The summed E-state index contributed by atoms with van der Waals surface area (Å²) in [7, 11) is 1.94. The molecule has 2 atom stereocenters. The Balaban J connectivity index is 3.35. The fourth-order valence-corrected chi connectivity index (χ4v) is 1.78. The maximum atomic E-state index is 5.81. The van der Waals surface area contributed by atoms with Gasteiger partial charge in [0.2, 0.25) is 0 Å². The minimum atomic E-state index is 0.293. The average Bonchev–Trinajstić information content (AvgIpc) is 2.29. The van der Waals surface area contributed by atoms with Gasteiger partial charge >= 0.3 is 0 Å². The van der Waals surface area contributed by atoms with Gasteiger partial charge in [-0.3, -0.25) is 0 Å². The fraction of sp³-hybridized carbons (Fsp3) is 1.00. The molecule has 0 saturated carbocycles. The van der Waals surface area contributed by atoms with Gasteiger partial charge < -0.3 is 14.8 Å². The van der Waals surface area contributed by atoms with E-state index in [0.717, 1.165) is 32.1 Å². The van der Waals surface area contributed by atoms with Crippen LogP contribution in [0.1, 0.15) is 53.4 Å². The maximum absolute atomic E-state index is 5.81. The van der Waals surface area contributed by atoms with Crippen molar-refractivity contribution < 1.29 is 9.47 Å². The lowest BCUT2D eigenvalue weighted by molar-refractivity contribution is 0.00910. The van der Waals surface area contributed by atoms with Crippen LogP contribution in [-0.2, 0) is 9.47 Å². The Morgan fingerprint density at radius 3 is 2.06 bits per heavy atom. The number of rotatable bonds is 12. The fourth-order valence-electron chi connectivity index (χ4n) is 1.78. The topological polar surface area (TPSA) is 30.5 Å². The summed E-state index contributed by atoms with van der Waals surface area (Å²) in [6.45, 7) is 11.3. The van der Waals surface area contributed by atoms with Crippen LogP contribution in [0.5, 0.6) is 0 Å². The van der Waals surface area contributed by atoms with E-state index < -0.39 is 0 Å². The van der Waals surface area contributed by atoms with Gasteiger partial charge in [0.1, 0.15) is 0 Å². The molecule has 0 aromatic heterocycles. The van der Waals surface area contributed by atoms with Crippen LogP contribution >= 0.6 is 0 Å². The second kappa shape index (κ2) is 11.9. The van der Waals surface area contributed by atoms with E-state index in [0.29, 0.717) is 12.2 Å². The summed E-state index contributed by atoms with van der Waals surface area (Å²) in [5.41, 5.74) is 0. The molecule has 0 rings (SSSR count). The van der Waals surface area contributed by atoms with Crippen molar-refractivity contribution in [2.24, 2.45) is 5.92 Å². The Morgan fingerprint density at radius 1 is 0.833 bits per heavy atom. The molecular formula is C15H33NO2. The lowest BCUT2D eigenvalue weighted by Crippen LogP contribution is -2.20. The quantitative estimate of drug-likeness (QED) is 0.546. The molecule has 0 aliphatic rings. The summed E-state index contributed by atoms with van der Waals surface area (Å²) in [6.07, 6.45) is 5.41. The van der Waals surface area contributed by atoms with Gasteiger partial charge in [0.25, 0.3) is 0 Å². The molecule has 110 valence electrons. The maximum Gasteiger partial charge on any atom is 0.0594 e. The highest BCUT2D eigenvalue weighted by atomic mass is 16.5. The molecule has 0 spiro atoms. The Labute approximate surface area is 114 Å². The highest BCUT2D eigenvalue weighted by Gasteiger charge is 2.06. The van der Waals surface area contributed by atoms with Crippen molar-refractivity contribution >= 4 is 0 Å². The summed E-state index contributed by atoms with van der Waals surface area (Å²) in [5, 5.41) is 3.07. The lowest BCUT2D eigenvalue weighted by Gasteiger charge is -2.16. The first kappa shape index (κ1) is 17.9. The molecule has 3 nitrogen and oxygen atoms in total. The van der Waals surface area contributed by atoms with E-state index in [1.807, 2.05) is 7.05 Å². The van der Waals surface area contributed by atoms with Gasteiger partial charge in [-0.1, -0.05) is 26.7 Å². The van der Waals surface area contributed by atoms with Crippen LogP contribution in [0.2, 0.25) is 0 Å². The van der Waals surface area contributed by atoms with Gasteiger partial charge in [0, 0.05) is 13.2 Å². The van der Waals surface area contributed by atoms with Crippen LogP contribution in [0.25, 0.3) is 0 Å². The van der Waals surface area contributed by atoms with Crippen LogP contribution in [-0.4, -0.2) is 39.0 Å². The van der Waals surface area contributed by atoms with Crippen LogP contribution in [0, 0.1) is 5.92 Å². The summed E-state index contributed by atoms with van der Waals surface area (Å²) in [4.78, 5) is 0. The van der Waals surface area contributed by atoms with Crippen molar-refractivity contribution in [2.45, 2.75) is 65.6 Å². The van der Waals surface area contributed by atoms with Crippen molar-refractivity contribution in [3.05, 3.63) is 0 Å².